The van der Waals surface area contributed by atoms with E-state index in [1.807, 2.05) is 45.0 Å². The molecule has 3 nitrogen and oxygen atoms in total. The van der Waals surface area contributed by atoms with E-state index in [1.54, 1.807) is 6.07 Å². The molecule has 0 aromatic heterocycles. The summed E-state index contributed by atoms with van der Waals surface area (Å²) in [6, 6.07) is 13.7. The Labute approximate surface area is 142 Å². The molecule has 0 amide bonds. The summed E-state index contributed by atoms with van der Waals surface area (Å²) in [4.78, 5) is 24.6. The molecular weight excluding hydrogens is 300 g/mol. The molecule has 2 aromatic rings. The van der Waals surface area contributed by atoms with Gasteiger partial charge in [-0.05, 0) is 24.6 Å². The minimum absolute atomic E-state index is 0.0120. The van der Waals surface area contributed by atoms with Crippen molar-refractivity contribution in [1.82, 2.24) is 0 Å². The van der Waals surface area contributed by atoms with Crippen LogP contribution in [0.1, 0.15) is 71.4 Å². The summed E-state index contributed by atoms with van der Waals surface area (Å²) in [5.41, 5.74) is 3.23. The molecule has 0 saturated carbocycles. The zero-order valence-electron chi connectivity index (χ0n) is 14.3. The van der Waals surface area contributed by atoms with Crippen LogP contribution in [0.15, 0.2) is 42.5 Å². The van der Waals surface area contributed by atoms with Crippen molar-refractivity contribution < 1.29 is 14.3 Å². The van der Waals surface area contributed by atoms with Crippen molar-refractivity contribution in [1.29, 1.82) is 0 Å². The highest BCUT2D eigenvalue weighted by molar-refractivity contribution is 6.03. The van der Waals surface area contributed by atoms with Gasteiger partial charge in [0.25, 0.3) is 0 Å². The van der Waals surface area contributed by atoms with E-state index in [9.17, 15) is 9.59 Å². The molecule has 0 saturated heterocycles. The second kappa shape index (κ2) is 6.60. The van der Waals surface area contributed by atoms with E-state index in [1.165, 1.54) is 0 Å². The monoisotopic (exact) mass is 322 g/mol. The molecule has 0 N–H and O–H groups in total. The molecule has 1 aliphatic rings. The van der Waals surface area contributed by atoms with Crippen LogP contribution in [0.3, 0.4) is 0 Å². The van der Waals surface area contributed by atoms with Crippen LogP contribution in [0.5, 0.6) is 5.75 Å². The van der Waals surface area contributed by atoms with Crippen LogP contribution in [0, 0.1) is 0 Å². The average Bonchev–Trinajstić information content (AvgIpc) is 2.95. The van der Waals surface area contributed by atoms with Crippen LogP contribution in [-0.4, -0.2) is 17.7 Å². The first kappa shape index (κ1) is 16.4. The highest BCUT2D eigenvalue weighted by Gasteiger charge is 2.36. The van der Waals surface area contributed by atoms with Crippen molar-refractivity contribution in [2.45, 2.75) is 45.6 Å². The second-order valence-electron chi connectivity index (χ2n) is 6.21. The van der Waals surface area contributed by atoms with Crippen LogP contribution in [0.4, 0.5) is 0 Å². The summed E-state index contributed by atoms with van der Waals surface area (Å²) in [5.74, 6) is 0.748. The normalized spacial score (nSPS) is 18.8. The molecule has 124 valence electrons. The van der Waals surface area contributed by atoms with Gasteiger partial charge in [0, 0.05) is 29.9 Å². The summed E-state index contributed by atoms with van der Waals surface area (Å²) in [6.45, 7) is 5.68. The molecule has 24 heavy (non-hydrogen) atoms. The lowest BCUT2D eigenvalue weighted by atomic mass is 9.86. The van der Waals surface area contributed by atoms with Gasteiger partial charge in [0.2, 0.25) is 0 Å². The number of hydrogen-bond donors (Lipinski definition) is 0. The number of carbonyl (C=O) groups excluding carboxylic acids is 2. The van der Waals surface area contributed by atoms with Gasteiger partial charge in [-0.15, -0.1) is 0 Å². The minimum Gasteiger partial charge on any atom is -0.489 e. The van der Waals surface area contributed by atoms with E-state index in [2.05, 4.69) is 12.1 Å². The molecule has 3 rings (SSSR count). The number of ether oxygens (including phenoxy) is 1. The van der Waals surface area contributed by atoms with E-state index in [-0.39, 0.29) is 23.6 Å². The zero-order chi connectivity index (χ0) is 17.3. The third-order valence-electron chi connectivity index (χ3n) is 4.65. The molecule has 0 bridgehead atoms. The molecule has 3 heteroatoms. The Morgan fingerprint density at radius 1 is 1.00 bits per heavy atom. The molecule has 1 heterocycles. The highest BCUT2D eigenvalue weighted by atomic mass is 16.5. The molecule has 0 radical (unpaired) electrons. The summed E-state index contributed by atoms with van der Waals surface area (Å²) >= 11 is 0. The lowest BCUT2D eigenvalue weighted by Gasteiger charge is -2.15. The van der Waals surface area contributed by atoms with Gasteiger partial charge in [0.15, 0.2) is 11.6 Å². The average molecular weight is 322 g/mol. The van der Waals surface area contributed by atoms with Crippen molar-refractivity contribution in [3.05, 3.63) is 64.7 Å². The first-order valence-corrected chi connectivity index (χ1v) is 8.52. The van der Waals surface area contributed by atoms with E-state index >= 15 is 0 Å². The Morgan fingerprint density at radius 2 is 1.67 bits per heavy atom. The van der Waals surface area contributed by atoms with Crippen molar-refractivity contribution in [3.8, 4) is 5.75 Å². The molecule has 0 aliphatic carbocycles. The molecule has 2 atom stereocenters. The third-order valence-corrected chi connectivity index (χ3v) is 4.65. The number of fused-ring (bicyclic) bond motifs is 1. The van der Waals surface area contributed by atoms with E-state index in [0.717, 1.165) is 11.1 Å². The summed E-state index contributed by atoms with van der Waals surface area (Å²) in [7, 11) is 0. The third kappa shape index (κ3) is 2.75. The second-order valence-corrected chi connectivity index (χ2v) is 6.21. The number of benzene rings is 2. The first-order valence-electron chi connectivity index (χ1n) is 8.52. The quantitative estimate of drug-likeness (QED) is 0.744. The molecule has 2 aromatic carbocycles. The smallest absolute Gasteiger partial charge is 0.166 e. The number of rotatable bonds is 5. The minimum atomic E-state index is -0.0715. The maximum absolute atomic E-state index is 12.4. The number of Topliss-reactive ketones (excluding diaryl/α,β-unsaturated/α-hetero) is 2. The maximum Gasteiger partial charge on any atom is 0.166 e. The Hall–Kier alpha value is -2.42. The standard InChI is InChI=1S/C21H22O3/c1-4-18(22)15-11-16(19(23)5-2)21-17(12-15)20(13(3)24-21)14-9-7-6-8-10-14/h6-13,20H,4-5H2,1-3H3/t13-,20+/m1/s1. The van der Waals surface area contributed by atoms with Gasteiger partial charge in [-0.1, -0.05) is 44.2 Å². The van der Waals surface area contributed by atoms with Crippen LogP contribution in [0.25, 0.3) is 0 Å². The van der Waals surface area contributed by atoms with Crippen molar-refractivity contribution in [2.24, 2.45) is 0 Å². The zero-order valence-corrected chi connectivity index (χ0v) is 14.3. The van der Waals surface area contributed by atoms with E-state index < -0.39 is 0 Å². The van der Waals surface area contributed by atoms with E-state index in [4.69, 9.17) is 4.74 Å². The van der Waals surface area contributed by atoms with Crippen LogP contribution in [0.2, 0.25) is 0 Å². The van der Waals surface area contributed by atoms with Gasteiger partial charge < -0.3 is 4.74 Å². The Balaban J connectivity index is 2.20. The fraction of sp³-hybridized carbons (Fsp3) is 0.333. The number of carbonyl (C=O) groups is 2. The molecule has 0 spiro atoms. The number of hydrogen-bond acceptors (Lipinski definition) is 3. The fourth-order valence-corrected chi connectivity index (χ4v) is 3.39. The maximum atomic E-state index is 12.4. The lowest BCUT2D eigenvalue weighted by molar-refractivity contribution is 0.0983. The van der Waals surface area contributed by atoms with Crippen LogP contribution >= 0.6 is 0 Å². The van der Waals surface area contributed by atoms with Crippen molar-refractivity contribution >= 4 is 11.6 Å². The Morgan fingerprint density at radius 3 is 2.29 bits per heavy atom. The first-order chi connectivity index (χ1) is 11.6. The molecule has 0 fully saturated rings. The predicted octanol–water partition coefficient (Wildman–Crippen LogP) is 4.78. The topological polar surface area (TPSA) is 43.4 Å². The van der Waals surface area contributed by atoms with Gasteiger partial charge in [-0.3, -0.25) is 9.59 Å². The van der Waals surface area contributed by atoms with E-state index in [0.29, 0.717) is 29.7 Å². The van der Waals surface area contributed by atoms with Gasteiger partial charge in [0.1, 0.15) is 11.9 Å². The van der Waals surface area contributed by atoms with Crippen LogP contribution in [-0.2, 0) is 0 Å². The number of ketones is 2. The summed E-state index contributed by atoms with van der Waals surface area (Å²) in [5, 5.41) is 0. The molecule has 1 aliphatic heterocycles. The fourth-order valence-electron chi connectivity index (χ4n) is 3.39. The summed E-state index contributed by atoms with van der Waals surface area (Å²) in [6.07, 6.45) is 0.743. The molecule has 0 unspecified atom stereocenters. The van der Waals surface area contributed by atoms with Gasteiger partial charge in [-0.2, -0.15) is 0 Å². The predicted molar refractivity (Wildman–Crippen MR) is 94.1 cm³/mol. The largest absolute Gasteiger partial charge is 0.489 e. The summed E-state index contributed by atoms with van der Waals surface area (Å²) < 4.78 is 6.06. The SMILES string of the molecule is CCC(=O)c1cc(C(=O)CC)c2c(c1)[C@H](c1ccccc1)[C@@H](C)O2. The molecular formula is C21H22O3. The highest BCUT2D eigenvalue weighted by Crippen LogP contribution is 2.45. The van der Waals surface area contributed by atoms with Gasteiger partial charge in [-0.25, -0.2) is 0 Å². The van der Waals surface area contributed by atoms with Crippen LogP contribution < -0.4 is 4.74 Å². The van der Waals surface area contributed by atoms with Crippen molar-refractivity contribution in [2.75, 3.05) is 0 Å². The lowest BCUT2D eigenvalue weighted by Crippen LogP contribution is -2.15. The van der Waals surface area contributed by atoms with Gasteiger partial charge >= 0.3 is 0 Å². The Kier molecular flexibility index (Phi) is 4.52. The Bertz CT molecular complexity index is 777. The van der Waals surface area contributed by atoms with Gasteiger partial charge in [0.05, 0.1) is 5.56 Å². The van der Waals surface area contributed by atoms with Crippen molar-refractivity contribution in [3.63, 3.8) is 0 Å².